The number of carbonyl (C=O) groups is 1. The summed E-state index contributed by atoms with van der Waals surface area (Å²) in [6.07, 6.45) is 6.70. The molecule has 3 aromatic rings. The summed E-state index contributed by atoms with van der Waals surface area (Å²) in [6.45, 7) is 2.30. The molecule has 1 saturated carbocycles. The van der Waals surface area contributed by atoms with Gasteiger partial charge >= 0.3 is 0 Å². The van der Waals surface area contributed by atoms with Gasteiger partial charge in [0.25, 0.3) is 0 Å². The van der Waals surface area contributed by atoms with E-state index in [0.29, 0.717) is 48.8 Å². The van der Waals surface area contributed by atoms with E-state index in [0.717, 1.165) is 24.2 Å². The Labute approximate surface area is 200 Å². The van der Waals surface area contributed by atoms with Crippen molar-refractivity contribution in [2.75, 3.05) is 30.8 Å². The lowest BCUT2D eigenvalue weighted by Gasteiger charge is -2.29. The number of likely N-dealkylation sites (tertiary alicyclic amines) is 1. The van der Waals surface area contributed by atoms with Gasteiger partial charge in [-0.2, -0.15) is 0 Å². The highest BCUT2D eigenvalue weighted by atomic mass is 16.3. The van der Waals surface area contributed by atoms with E-state index >= 15 is 0 Å². The van der Waals surface area contributed by atoms with Crippen LogP contribution in [0.25, 0.3) is 10.9 Å². The van der Waals surface area contributed by atoms with Crippen LogP contribution in [0, 0.1) is 5.92 Å². The molecule has 5 rings (SSSR count). The number of benzene rings is 2. The second-order valence-electron chi connectivity index (χ2n) is 9.76. The van der Waals surface area contributed by atoms with Gasteiger partial charge in [-0.25, -0.2) is 9.97 Å². The number of hydrogen-bond donors (Lipinski definition) is 3. The van der Waals surface area contributed by atoms with Crippen molar-refractivity contribution in [3.63, 3.8) is 0 Å². The highest BCUT2D eigenvalue weighted by molar-refractivity contribution is 6.01. The maximum Gasteiger partial charge on any atom is 0.227 e. The topological polar surface area (TPSA) is 90.4 Å². The normalized spacial score (nSPS) is 21.9. The van der Waals surface area contributed by atoms with Gasteiger partial charge in [0, 0.05) is 23.2 Å². The summed E-state index contributed by atoms with van der Waals surface area (Å²) < 4.78 is 0. The third-order valence-corrected chi connectivity index (χ3v) is 7.29. The number of fused-ring (bicyclic) bond motifs is 1. The van der Waals surface area contributed by atoms with Crippen LogP contribution in [0.2, 0.25) is 0 Å². The molecule has 1 saturated heterocycles. The first-order chi connectivity index (χ1) is 16.5. The number of aliphatic hydroxyl groups is 1. The molecule has 1 aliphatic carbocycles. The van der Waals surface area contributed by atoms with Gasteiger partial charge in [0.15, 0.2) is 0 Å². The SMILES string of the molecule is CN1CCC(c2ccc(Nc3ncc4cccc(NC(=O)C5CCC(O)CC5)c4n3)cc2)CC1. The van der Waals surface area contributed by atoms with Gasteiger partial charge < -0.3 is 20.6 Å². The lowest BCUT2D eigenvalue weighted by molar-refractivity contribution is -0.121. The number of carbonyl (C=O) groups excluding carboxylic acids is 1. The minimum atomic E-state index is -0.276. The van der Waals surface area contributed by atoms with E-state index in [1.165, 1.54) is 18.4 Å². The number of nitrogens with zero attached hydrogens (tertiary/aromatic N) is 3. The number of nitrogens with one attached hydrogen (secondary N) is 2. The largest absolute Gasteiger partial charge is 0.393 e. The minimum Gasteiger partial charge on any atom is -0.393 e. The molecule has 0 atom stereocenters. The highest BCUT2D eigenvalue weighted by Gasteiger charge is 2.25. The predicted octanol–water partition coefficient (Wildman–Crippen LogP) is 4.67. The molecule has 2 heterocycles. The number of amides is 1. The molecular weight excluding hydrogens is 426 g/mol. The number of piperidine rings is 1. The van der Waals surface area contributed by atoms with Crippen LogP contribution in [-0.4, -0.2) is 52.1 Å². The molecule has 1 amide bonds. The van der Waals surface area contributed by atoms with Crippen molar-refractivity contribution in [1.82, 2.24) is 14.9 Å². The van der Waals surface area contributed by atoms with Crippen LogP contribution in [0.3, 0.4) is 0 Å². The van der Waals surface area contributed by atoms with Crippen LogP contribution in [0.1, 0.15) is 50.0 Å². The molecule has 0 unspecified atom stereocenters. The molecule has 178 valence electrons. The molecule has 2 aliphatic rings. The molecule has 34 heavy (non-hydrogen) atoms. The van der Waals surface area contributed by atoms with Gasteiger partial charge in [-0.15, -0.1) is 0 Å². The number of aliphatic hydroxyl groups excluding tert-OH is 1. The van der Waals surface area contributed by atoms with Crippen molar-refractivity contribution in [1.29, 1.82) is 0 Å². The second kappa shape index (κ2) is 10.1. The van der Waals surface area contributed by atoms with E-state index in [-0.39, 0.29) is 17.9 Å². The number of hydrogen-bond acceptors (Lipinski definition) is 6. The zero-order valence-electron chi connectivity index (χ0n) is 19.7. The van der Waals surface area contributed by atoms with E-state index in [1.807, 2.05) is 18.2 Å². The van der Waals surface area contributed by atoms with Gasteiger partial charge in [0.05, 0.1) is 17.3 Å². The Hall–Kier alpha value is -3.03. The van der Waals surface area contributed by atoms with Crippen molar-refractivity contribution in [3.8, 4) is 0 Å². The Morgan fingerprint density at radius 2 is 1.74 bits per heavy atom. The fourth-order valence-corrected chi connectivity index (χ4v) is 5.10. The Morgan fingerprint density at radius 3 is 2.47 bits per heavy atom. The average molecular weight is 460 g/mol. The molecule has 2 fully saturated rings. The van der Waals surface area contributed by atoms with Gasteiger partial charge in [-0.1, -0.05) is 24.3 Å². The lowest BCUT2D eigenvalue weighted by Crippen LogP contribution is -2.29. The molecule has 7 heteroatoms. The first-order valence-corrected chi connectivity index (χ1v) is 12.4. The monoisotopic (exact) mass is 459 g/mol. The van der Waals surface area contributed by atoms with Gasteiger partial charge in [-0.3, -0.25) is 4.79 Å². The fraction of sp³-hybridized carbons (Fsp3) is 0.444. The molecule has 0 spiro atoms. The predicted molar refractivity (Wildman–Crippen MR) is 135 cm³/mol. The second-order valence-corrected chi connectivity index (χ2v) is 9.76. The van der Waals surface area contributed by atoms with Crippen molar-refractivity contribution in [3.05, 3.63) is 54.2 Å². The zero-order valence-corrected chi connectivity index (χ0v) is 19.7. The average Bonchev–Trinajstić information content (AvgIpc) is 2.86. The summed E-state index contributed by atoms with van der Waals surface area (Å²) in [5.41, 5.74) is 3.74. The van der Waals surface area contributed by atoms with Crippen molar-refractivity contribution >= 4 is 34.1 Å². The third-order valence-electron chi connectivity index (χ3n) is 7.29. The van der Waals surface area contributed by atoms with Gasteiger partial charge in [0.1, 0.15) is 0 Å². The Kier molecular flexibility index (Phi) is 6.74. The Balaban J connectivity index is 1.29. The van der Waals surface area contributed by atoms with Gasteiger partial charge in [-0.05, 0) is 88.3 Å². The van der Waals surface area contributed by atoms with Crippen LogP contribution in [0.15, 0.2) is 48.7 Å². The molecule has 1 aliphatic heterocycles. The molecule has 7 nitrogen and oxygen atoms in total. The number of para-hydroxylation sites is 1. The van der Waals surface area contributed by atoms with Crippen LogP contribution in [0.4, 0.5) is 17.3 Å². The third kappa shape index (κ3) is 5.21. The summed E-state index contributed by atoms with van der Waals surface area (Å²) in [5.74, 6) is 1.06. The highest BCUT2D eigenvalue weighted by Crippen LogP contribution is 2.30. The van der Waals surface area contributed by atoms with Gasteiger partial charge in [0.2, 0.25) is 11.9 Å². The zero-order chi connectivity index (χ0) is 23.5. The number of anilines is 3. The van der Waals surface area contributed by atoms with E-state index in [1.54, 1.807) is 6.20 Å². The van der Waals surface area contributed by atoms with Crippen LogP contribution in [0.5, 0.6) is 0 Å². The molecule has 2 aromatic carbocycles. The summed E-state index contributed by atoms with van der Waals surface area (Å²) >= 11 is 0. The maximum atomic E-state index is 12.8. The first-order valence-electron chi connectivity index (χ1n) is 12.4. The number of rotatable bonds is 5. The van der Waals surface area contributed by atoms with Crippen LogP contribution in [-0.2, 0) is 4.79 Å². The molecule has 0 bridgehead atoms. The summed E-state index contributed by atoms with van der Waals surface area (Å²) in [6, 6.07) is 14.3. The molecule has 3 N–H and O–H groups in total. The lowest BCUT2D eigenvalue weighted by atomic mass is 9.87. The van der Waals surface area contributed by atoms with Crippen molar-refractivity contribution in [2.45, 2.75) is 50.5 Å². The van der Waals surface area contributed by atoms with E-state index in [4.69, 9.17) is 4.98 Å². The first kappa shape index (κ1) is 22.7. The summed E-state index contributed by atoms with van der Waals surface area (Å²) in [4.78, 5) is 24.4. The molecule has 1 aromatic heterocycles. The van der Waals surface area contributed by atoms with E-state index in [2.05, 4.69) is 51.8 Å². The van der Waals surface area contributed by atoms with E-state index < -0.39 is 0 Å². The Morgan fingerprint density at radius 1 is 1.00 bits per heavy atom. The van der Waals surface area contributed by atoms with Crippen LogP contribution >= 0.6 is 0 Å². The maximum absolute atomic E-state index is 12.8. The van der Waals surface area contributed by atoms with Crippen LogP contribution < -0.4 is 10.6 Å². The standard InChI is InChI=1S/C27H33N5O2/c1-32-15-13-19(14-16-32)18-5-9-22(10-6-18)29-27-28-17-21-3-2-4-24(25(21)31-27)30-26(34)20-7-11-23(33)12-8-20/h2-6,9-10,17,19-20,23,33H,7-8,11-16H2,1H3,(H,30,34)(H,28,29,31). The number of aromatic nitrogens is 2. The Bertz CT molecular complexity index is 1130. The fourth-order valence-electron chi connectivity index (χ4n) is 5.10. The molecule has 0 radical (unpaired) electrons. The molecular formula is C27H33N5O2. The minimum absolute atomic E-state index is 0.00276. The summed E-state index contributed by atoms with van der Waals surface area (Å²) in [5, 5.41) is 17.0. The van der Waals surface area contributed by atoms with Crippen molar-refractivity contribution < 1.29 is 9.90 Å². The van der Waals surface area contributed by atoms with E-state index in [9.17, 15) is 9.90 Å². The quantitative estimate of drug-likeness (QED) is 0.514. The summed E-state index contributed by atoms with van der Waals surface area (Å²) in [7, 11) is 2.19. The smallest absolute Gasteiger partial charge is 0.227 e. The van der Waals surface area contributed by atoms with Crippen molar-refractivity contribution in [2.24, 2.45) is 5.92 Å².